The monoisotopic (exact) mass is 219 g/mol. The molecule has 0 atom stereocenters. The van der Waals surface area contributed by atoms with Crippen LogP contribution in [0.5, 0.6) is 0 Å². The Morgan fingerprint density at radius 3 is 2.67 bits per heavy atom. The van der Waals surface area contributed by atoms with Crippen molar-refractivity contribution < 1.29 is 4.79 Å². The third-order valence-electron chi connectivity index (χ3n) is 1.79. The van der Waals surface area contributed by atoms with E-state index in [2.05, 4.69) is 9.69 Å². The Bertz CT molecular complexity index is 467. The average molecular weight is 219 g/mol. The molecule has 1 amide bonds. The van der Waals surface area contributed by atoms with Crippen molar-refractivity contribution in [1.29, 1.82) is 0 Å². The molecule has 3 N–H and O–H groups in total. The lowest BCUT2D eigenvalue weighted by Crippen LogP contribution is -2.11. The van der Waals surface area contributed by atoms with Crippen LogP contribution in [0.4, 0.5) is 10.7 Å². The molecule has 0 saturated carbocycles. The van der Waals surface area contributed by atoms with E-state index in [1.54, 1.807) is 6.07 Å². The lowest BCUT2D eigenvalue weighted by Gasteiger charge is -2.01. The fraction of sp³-hybridized carbons (Fsp3) is 0. The van der Waals surface area contributed by atoms with Crippen LogP contribution in [0.25, 0.3) is 0 Å². The van der Waals surface area contributed by atoms with Crippen LogP contribution >= 0.6 is 11.5 Å². The first-order valence-corrected chi connectivity index (χ1v) is 5.11. The number of hydrogen-bond acceptors (Lipinski definition) is 4. The van der Waals surface area contributed by atoms with E-state index in [4.69, 9.17) is 5.73 Å². The van der Waals surface area contributed by atoms with Gasteiger partial charge in [0.15, 0.2) is 0 Å². The number of benzene rings is 1. The van der Waals surface area contributed by atoms with Crippen molar-refractivity contribution in [3.8, 4) is 0 Å². The number of amides is 1. The van der Waals surface area contributed by atoms with Crippen molar-refractivity contribution in [3.05, 3.63) is 42.1 Å². The number of nitrogens with two attached hydrogens (primary N) is 1. The van der Waals surface area contributed by atoms with Gasteiger partial charge in [-0.3, -0.25) is 4.79 Å². The van der Waals surface area contributed by atoms with E-state index >= 15 is 0 Å². The van der Waals surface area contributed by atoms with Gasteiger partial charge in [-0.15, -0.1) is 0 Å². The molecular formula is C10H9N3OS. The van der Waals surface area contributed by atoms with Crippen LogP contribution in [0.3, 0.4) is 0 Å². The maximum Gasteiger partial charge on any atom is 0.275 e. The van der Waals surface area contributed by atoms with Gasteiger partial charge in [-0.05, 0) is 23.7 Å². The molecule has 2 aromatic rings. The molecule has 0 spiro atoms. The lowest BCUT2D eigenvalue weighted by atomic mass is 10.3. The summed E-state index contributed by atoms with van der Waals surface area (Å²) in [6, 6.07) is 10.8. The number of rotatable bonds is 2. The quantitative estimate of drug-likeness (QED) is 0.811. The maximum absolute atomic E-state index is 11.6. The lowest BCUT2D eigenvalue weighted by molar-refractivity contribution is 0.102. The van der Waals surface area contributed by atoms with E-state index in [1.165, 1.54) is 0 Å². The van der Waals surface area contributed by atoms with E-state index in [0.717, 1.165) is 17.2 Å². The predicted molar refractivity (Wildman–Crippen MR) is 60.9 cm³/mol. The molecule has 0 saturated heterocycles. The zero-order valence-corrected chi connectivity index (χ0v) is 8.62. The minimum Gasteiger partial charge on any atom is -0.389 e. The van der Waals surface area contributed by atoms with Crippen LogP contribution in [-0.4, -0.2) is 10.3 Å². The second-order valence-electron chi connectivity index (χ2n) is 2.93. The Kier molecular flexibility index (Phi) is 2.64. The molecule has 0 fully saturated rings. The van der Waals surface area contributed by atoms with E-state index in [0.29, 0.717) is 10.7 Å². The molecule has 0 unspecified atom stereocenters. The number of carbonyl (C=O) groups is 1. The van der Waals surface area contributed by atoms with Crippen molar-refractivity contribution >= 4 is 28.1 Å². The van der Waals surface area contributed by atoms with Gasteiger partial charge in [-0.25, -0.2) is 0 Å². The predicted octanol–water partition coefficient (Wildman–Crippen LogP) is 1.98. The molecule has 15 heavy (non-hydrogen) atoms. The summed E-state index contributed by atoms with van der Waals surface area (Å²) in [6.07, 6.45) is 0. The number of carbonyl (C=O) groups excluding carboxylic acids is 1. The molecular weight excluding hydrogens is 210 g/mol. The van der Waals surface area contributed by atoms with Gasteiger partial charge in [0, 0.05) is 11.8 Å². The highest BCUT2D eigenvalue weighted by Gasteiger charge is 2.09. The third kappa shape index (κ3) is 2.32. The first-order chi connectivity index (χ1) is 7.25. The summed E-state index contributed by atoms with van der Waals surface area (Å²) in [4.78, 5) is 11.6. The van der Waals surface area contributed by atoms with Crippen molar-refractivity contribution in [3.63, 3.8) is 0 Å². The van der Waals surface area contributed by atoms with Crippen molar-refractivity contribution in [2.45, 2.75) is 0 Å². The molecule has 2 rings (SSSR count). The number of para-hydroxylation sites is 1. The van der Waals surface area contributed by atoms with Gasteiger partial charge in [-0.2, -0.15) is 4.37 Å². The Balaban J connectivity index is 2.11. The summed E-state index contributed by atoms with van der Waals surface area (Å²) >= 11 is 1.11. The molecule has 4 nitrogen and oxygen atoms in total. The van der Waals surface area contributed by atoms with E-state index in [-0.39, 0.29) is 5.91 Å². The Morgan fingerprint density at radius 2 is 2.07 bits per heavy atom. The van der Waals surface area contributed by atoms with Gasteiger partial charge in [0.25, 0.3) is 5.91 Å². The van der Waals surface area contributed by atoms with Gasteiger partial charge < -0.3 is 11.1 Å². The number of nitrogens with zero attached hydrogens (tertiary/aromatic N) is 1. The molecule has 0 radical (unpaired) electrons. The first kappa shape index (κ1) is 9.67. The summed E-state index contributed by atoms with van der Waals surface area (Å²) < 4.78 is 3.92. The molecule has 0 bridgehead atoms. The summed E-state index contributed by atoms with van der Waals surface area (Å²) in [7, 11) is 0. The minimum absolute atomic E-state index is 0.242. The van der Waals surface area contributed by atoms with Gasteiger partial charge in [0.2, 0.25) is 0 Å². The SMILES string of the molecule is Nc1cc(C(=O)Nc2ccccc2)ns1. The van der Waals surface area contributed by atoms with Crippen LogP contribution in [0.1, 0.15) is 10.5 Å². The molecule has 5 heteroatoms. The molecule has 0 aliphatic rings. The van der Waals surface area contributed by atoms with Gasteiger partial charge in [0.1, 0.15) is 10.7 Å². The smallest absolute Gasteiger partial charge is 0.275 e. The number of nitrogen functional groups attached to an aromatic ring is 1. The minimum atomic E-state index is -0.242. The van der Waals surface area contributed by atoms with Gasteiger partial charge >= 0.3 is 0 Å². The zero-order chi connectivity index (χ0) is 10.7. The van der Waals surface area contributed by atoms with Crippen LogP contribution in [0.2, 0.25) is 0 Å². The van der Waals surface area contributed by atoms with Gasteiger partial charge in [-0.1, -0.05) is 18.2 Å². The molecule has 0 aliphatic carbocycles. The highest BCUT2D eigenvalue weighted by molar-refractivity contribution is 7.10. The Hall–Kier alpha value is -1.88. The number of nitrogens with one attached hydrogen (secondary N) is 1. The van der Waals surface area contributed by atoms with Crippen LogP contribution in [0.15, 0.2) is 36.4 Å². The number of anilines is 2. The standard InChI is InChI=1S/C10H9N3OS/c11-9-6-8(13-15-9)10(14)12-7-4-2-1-3-5-7/h1-6H,11H2,(H,12,14). The van der Waals surface area contributed by atoms with Crippen LogP contribution in [-0.2, 0) is 0 Å². The zero-order valence-electron chi connectivity index (χ0n) is 7.81. The Morgan fingerprint density at radius 1 is 1.33 bits per heavy atom. The second kappa shape index (κ2) is 4.10. The fourth-order valence-corrected chi connectivity index (χ4v) is 1.62. The fourth-order valence-electron chi connectivity index (χ4n) is 1.11. The first-order valence-electron chi connectivity index (χ1n) is 4.34. The van der Waals surface area contributed by atoms with E-state index in [9.17, 15) is 4.79 Å². The summed E-state index contributed by atoms with van der Waals surface area (Å²) in [5, 5.41) is 3.26. The number of hydrogen-bond donors (Lipinski definition) is 2. The van der Waals surface area contributed by atoms with E-state index < -0.39 is 0 Å². The highest BCUT2D eigenvalue weighted by Crippen LogP contribution is 2.13. The normalized spacial score (nSPS) is 9.87. The van der Waals surface area contributed by atoms with Crippen molar-refractivity contribution in [1.82, 2.24) is 4.37 Å². The third-order valence-corrected chi connectivity index (χ3v) is 2.41. The van der Waals surface area contributed by atoms with E-state index in [1.807, 2.05) is 30.3 Å². The maximum atomic E-state index is 11.6. The molecule has 1 aromatic carbocycles. The summed E-state index contributed by atoms with van der Waals surface area (Å²) in [6.45, 7) is 0. The van der Waals surface area contributed by atoms with Crippen LogP contribution < -0.4 is 11.1 Å². The van der Waals surface area contributed by atoms with Crippen LogP contribution in [0, 0.1) is 0 Å². The molecule has 1 heterocycles. The average Bonchev–Trinajstić information content (AvgIpc) is 2.66. The topological polar surface area (TPSA) is 68.0 Å². The molecule has 76 valence electrons. The largest absolute Gasteiger partial charge is 0.389 e. The number of aromatic nitrogens is 1. The highest BCUT2D eigenvalue weighted by atomic mass is 32.1. The summed E-state index contributed by atoms with van der Waals surface area (Å²) in [5.41, 5.74) is 6.58. The second-order valence-corrected chi connectivity index (χ2v) is 3.77. The Labute approximate surface area is 90.9 Å². The van der Waals surface area contributed by atoms with Gasteiger partial charge in [0.05, 0.1) is 0 Å². The van der Waals surface area contributed by atoms with Crippen molar-refractivity contribution in [2.75, 3.05) is 11.1 Å². The van der Waals surface area contributed by atoms with Crippen molar-refractivity contribution in [2.24, 2.45) is 0 Å². The molecule has 0 aliphatic heterocycles. The molecule has 1 aromatic heterocycles. The summed E-state index contributed by atoms with van der Waals surface area (Å²) in [5.74, 6) is -0.242.